The Labute approximate surface area is 101 Å². The van der Waals surface area contributed by atoms with E-state index >= 15 is 0 Å². The van der Waals surface area contributed by atoms with Crippen molar-refractivity contribution in [1.29, 1.82) is 0 Å². The zero-order valence-electron chi connectivity index (χ0n) is 10.1. The number of nitrogens with one attached hydrogen (secondary N) is 1. The van der Waals surface area contributed by atoms with Crippen LogP contribution < -0.4 is 5.32 Å². The van der Waals surface area contributed by atoms with E-state index in [1.807, 2.05) is 30.8 Å². The molecule has 0 amide bonds. The van der Waals surface area contributed by atoms with Gasteiger partial charge in [-0.15, -0.1) is 0 Å². The summed E-state index contributed by atoms with van der Waals surface area (Å²) in [7, 11) is 1.95. The summed E-state index contributed by atoms with van der Waals surface area (Å²) < 4.78 is 1.89. The molecule has 0 radical (unpaired) electrons. The highest BCUT2D eigenvalue weighted by molar-refractivity contribution is 5.25. The van der Waals surface area contributed by atoms with Crippen molar-refractivity contribution < 1.29 is 5.11 Å². The summed E-state index contributed by atoms with van der Waals surface area (Å²) in [4.78, 5) is 0. The van der Waals surface area contributed by atoms with Crippen molar-refractivity contribution in [1.82, 2.24) is 15.1 Å². The average molecular weight is 231 g/mol. The van der Waals surface area contributed by atoms with Gasteiger partial charge in [0.25, 0.3) is 0 Å². The van der Waals surface area contributed by atoms with Gasteiger partial charge < -0.3 is 10.4 Å². The number of rotatable bonds is 4. The molecule has 2 N–H and O–H groups in total. The highest BCUT2D eigenvalue weighted by atomic mass is 16.3. The van der Waals surface area contributed by atoms with Crippen LogP contribution in [0.3, 0.4) is 0 Å². The number of aromatic nitrogens is 2. The zero-order valence-corrected chi connectivity index (χ0v) is 10.1. The minimum Gasteiger partial charge on any atom is -0.508 e. The van der Waals surface area contributed by atoms with Crippen LogP contribution in [0, 0.1) is 6.92 Å². The maximum Gasteiger partial charge on any atom is 0.115 e. The van der Waals surface area contributed by atoms with E-state index in [1.54, 1.807) is 12.1 Å². The van der Waals surface area contributed by atoms with E-state index in [1.165, 1.54) is 5.69 Å². The number of hydrogen-bond donors (Lipinski definition) is 2. The fraction of sp³-hybridized carbons (Fsp3) is 0.308. The van der Waals surface area contributed by atoms with Gasteiger partial charge in [-0.2, -0.15) is 5.10 Å². The average Bonchev–Trinajstić information content (AvgIpc) is 2.60. The normalized spacial score (nSPS) is 10.7. The molecule has 0 unspecified atom stereocenters. The first-order valence-electron chi connectivity index (χ1n) is 5.63. The second-order valence-corrected chi connectivity index (χ2v) is 4.17. The topological polar surface area (TPSA) is 50.1 Å². The third-order valence-electron chi connectivity index (χ3n) is 2.67. The van der Waals surface area contributed by atoms with Gasteiger partial charge in [-0.3, -0.25) is 4.68 Å². The summed E-state index contributed by atoms with van der Waals surface area (Å²) in [6.07, 6.45) is 0. The van der Waals surface area contributed by atoms with Crippen LogP contribution in [-0.2, 0) is 20.1 Å². The van der Waals surface area contributed by atoms with Gasteiger partial charge in [-0.1, -0.05) is 12.1 Å². The molecule has 0 saturated carbocycles. The summed E-state index contributed by atoms with van der Waals surface area (Å²) in [6.45, 7) is 3.56. The van der Waals surface area contributed by atoms with Crippen LogP contribution in [0.15, 0.2) is 30.3 Å². The van der Waals surface area contributed by atoms with Crippen molar-refractivity contribution in [3.8, 4) is 5.75 Å². The Morgan fingerprint density at radius 3 is 2.53 bits per heavy atom. The Morgan fingerprint density at radius 2 is 1.94 bits per heavy atom. The van der Waals surface area contributed by atoms with Gasteiger partial charge in [0.1, 0.15) is 5.75 Å². The highest BCUT2D eigenvalue weighted by Crippen LogP contribution is 2.09. The predicted octanol–water partition coefficient (Wildman–Crippen LogP) is 1.72. The molecular formula is C13H17N3O. The van der Waals surface area contributed by atoms with Crippen LogP contribution in [0.4, 0.5) is 0 Å². The third-order valence-corrected chi connectivity index (χ3v) is 2.67. The molecule has 0 aliphatic heterocycles. The van der Waals surface area contributed by atoms with Gasteiger partial charge in [-0.25, -0.2) is 0 Å². The largest absolute Gasteiger partial charge is 0.508 e. The number of benzene rings is 1. The maximum atomic E-state index is 9.17. The van der Waals surface area contributed by atoms with Gasteiger partial charge in [-0.05, 0) is 30.7 Å². The monoisotopic (exact) mass is 231 g/mol. The van der Waals surface area contributed by atoms with E-state index in [0.717, 1.165) is 24.3 Å². The zero-order chi connectivity index (χ0) is 12.3. The molecule has 0 aliphatic carbocycles. The van der Waals surface area contributed by atoms with Crippen LogP contribution in [0.2, 0.25) is 0 Å². The molecule has 0 fully saturated rings. The van der Waals surface area contributed by atoms with Crippen molar-refractivity contribution in [2.75, 3.05) is 0 Å². The molecule has 0 aliphatic rings. The molecule has 0 atom stereocenters. The van der Waals surface area contributed by atoms with Gasteiger partial charge in [0.15, 0.2) is 0 Å². The van der Waals surface area contributed by atoms with E-state index < -0.39 is 0 Å². The Kier molecular flexibility index (Phi) is 3.44. The van der Waals surface area contributed by atoms with E-state index in [-0.39, 0.29) is 0 Å². The number of phenolic OH excluding ortho intramolecular Hbond substituents is 1. The molecular weight excluding hydrogens is 214 g/mol. The van der Waals surface area contributed by atoms with Gasteiger partial charge in [0.05, 0.1) is 11.4 Å². The van der Waals surface area contributed by atoms with E-state index in [4.69, 9.17) is 5.11 Å². The fourth-order valence-electron chi connectivity index (χ4n) is 1.78. The number of phenols is 1. The second kappa shape index (κ2) is 5.01. The summed E-state index contributed by atoms with van der Waals surface area (Å²) in [5.74, 6) is 0.302. The van der Waals surface area contributed by atoms with Crippen LogP contribution >= 0.6 is 0 Å². The highest BCUT2D eigenvalue weighted by Gasteiger charge is 2.01. The molecule has 17 heavy (non-hydrogen) atoms. The molecule has 1 aromatic carbocycles. The first-order valence-corrected chi connectivity index (χ1v) is 5.63. The van der Waals surface area contributed by atoms with Crippen molar-refractivity contribution in [3.05, 3.63) is 47.3 Å². The molecule has 4 heteroatoms. The fourth-order valence-corrected chi connectivity index (χ4v) is 1.78. The van der Waals surface area contributed by atoms with E-state index in [2.05, 4.69) is 16.5 Å². The summed E-state index contributed by atoms with van der Waals surface area (Å²) in [6, 6.07) is 9.30. The van der Waals surface area contributed by atoms with Crippen LogP contribution in [0.25, 0.3) is 0 Å². The molecule has 1 aromatic heterocycles. The first kappa shape index (κ1) is 11.7. The first-order chi connectivity index (χ1) is 8.15. The van der Waals surface area contributed by atoms with E-state index in [9.17, 15) is 0 Å². The SMILES string of the molecule is Cc1cc(CNCc2ccc(O)cc2)n(C)n1. The Bertz CT molecular complexity index is 488. The number of hydrogen-bond acceptors (Lipinski definition) is 3. The maximum absolute atomic E-state index is 9.17. The Hall–Kier alpha value is -1.81. The lowest BCUT2D eigenvalue weighted by atomic mass is 10.2. The third kappa shape index (κ3) is 3.07. The molecule has 0 saturated heterocycles. The summed E-state index contributed by atoms with van der Waals surface area (Å²) in [5.41, 5.74) is 3.36. The Morgan fingerprint density at radius 1 is 1.24 bits per heavy atom. The summed E-state index contributed by atoms with van der Waals surface area (Å²) in [5, 5.41) is 16.8. The van der Waals surface area contributed by atoms with Crippen LogP contribution in [0.1, 0.15) is 17.0 Å². The lowest BCUT2D eigenvalue weighted by Gasteiger charge is -2.05. The Balaban J connectivity index is 1.87. The van der Waals surface area contributed by atoms with Gasteiger partial charge in [0, 0.05) is 20.1 Å². The predicted molar refractivity (Wildman–Crippen MR) is 66.6 cm³/mol. The smallest absolute Gasteiger partial charge is 0.115 e. The van der Waals surface area contributed by atoms with Crippen molar-refractivity contribution in [2.24, 2.45) is 7.05 Å². The lowest BCUT2D eigenvalue weighted by Crippen LogP contribution is -2.15. The van der Waals surface area contributed by atoms with Crippen molar-refractivity contribution >= 4 is 0 Å². The van der Waals surface area contributed by atoms with Crippen molar-refractivity contribution in [3.63, 3.8) is 0 Å². The second-order valence-electron chi connectivity index (χ2n) is 4.17. The molecule has 90 valence electrons. The molecule has 0 spiro atoms. The van der Waals surface area contributed by atoms with Crippen molar-refractivity contribution in [2.45, 2.75) is 20.0 Å². The number of aromatic hydroxyl groups is 1. The van der Waals surface area contributed by atoms with Crippen LogP contribution in [-0.4, -0.2) is 14.9 Å². The van der Waals surface area contributed by atoms with E-state index in [0.29, 0.717) is 5.75 Å². The number of aryl methyl sites for hydroxylation is 2. The molecule has 4 nitrogen and oxygen atoms in total. The molecule has 2 rings (SSSR count). The molecule has 2 aromatic rings. The number of nitrogens with zero attached hydrogens (tertiary/aromatic N) is 2. The van der Waals surface area contributed by atoms with Gasteiger partial charge in [0.2, 0.25) is 0 Å². The standard InChI is InChI=1S/C13H17N3O/c1-10-7-12(16(2)15-10)9-14-8-11-3-5-13(17)6-4-11/h3-7,14,17H,8-9H2,1-2H3. The summed E-state index contributed by atoms with van der Waals surface area (Å²) >= 11 is 0. The molecule has 1 heterocycles. The van der Waals surface area contributed by atoms with Crippen LogP contribution in [0.5, 0.6) is 5.75 Å². The van der Waals surface area contributed by atoms with Gasteiger partial charge >= 0.3 is 0 Å². The molecule has 0 bridgehead atoms. The quantitative estimate of drug-likeness (QED) is 0.842. The lowest BCUT2D eigenvalue weighted by molar-refractivity contribution is 0.475. The minimum absolute atomic E-state index is 0.302. The minimum atomic E-state index is 0.302.